The first-order valence-corrected chi connectivity index (χ1v) is 11.1. The number of hydroxylamine groups is 1. The lowest BCUT2D eigenvalue weighted by atomic mass is 9.90. The third-order valence-electron chi connectivity index (χ3n) is 5.20. The zero-order chi connectivity index (χ0) is 20.8. The van der Waals surface area contributed by atoms with Crippen LogP contribution >= 0.6 is 0 Å². The molecule has 1 aliphatic carbocycles. The highest BCUT2D eigenvalue weighted by molar-refractivity contribution is 7.86. The van der Waals surface area contributed by atoms with E-state index in [1.807, 2.05) is 78.9 Å². The van der Waals surface area contributed by atoms with E-state index >= 15 is 0 Å². The Morgan fingerprint density at radius 1 is 0.867 bits per heavy atom. The predicted octanol–water partition coefficient (Wildman–Crippen LogP) is 5.92. The fraction of sp³-hybridized carbons (Fsp3) is 0.120. The highest BCUT2D eigenvalue weighted by Gasteiger charge is 2.12. The van der Waals surface area contributed by atoms with Gasteiger partial charge in [-0.05, 0) is 71.9 Å². The van der Waals surface area contributed by atoms with Crippen molar-refractivity contribution in [3.63, 3.8) is 0 Å². The van der Waals surface area contributed by atoms with Crippen molar-refractivity contribution >= 4 is 22.7 Å². The summed E-state index contributed by atoms with van der Waals surface area (Å²) in [5.41, 5.74) is 8.36. The number of allylic oxidation sites excluding steroid dienone is 2. The van der Waals surface area contributed by atoms with Crippen molar-refractivity contribution in [1.29, 1.82) is 0 Å². The van der Waals surface area contributed by atoms with Crippen molar-refractivity contribution in [2.75, 3.05) is 4.72 Å². The van der Waals surface area contributed by atoms with Crippen molar-refractivity contribution in [1.82, 2.24) is 5.48 Å². The summed E-state index contributed by atoms with van der Waals surface area (Å²) in [5, 5.41) is 9.27. The molecule has 0 aromatic heterocycles. The zero-order valence-electron chi connectivity index (χ0n) is 16.5. The molecule has 1 fully saturated rings. The largest absolute Gasteiger partial charge is 0.301 e. The minimum atomic E-state index is -1.34. The first-order valence-electron chi connectivity index (χ1n) is 9.97. The molecular formula is C25H24N2O2S. The van der Waals surface area contributed by atoms with Crippen LogP contribution in [0.3, 0.4) is 0 Å². The van der Waals surface area contributed by atoms with Crippen LogP contribution in [0.1, 0.15) is 24.8 Å². The molecule has 3 N–H and O–H groups in total. The van der Waals surface area contributed by atoms with E-state index in [9.17, 15) is 9.42 Å². The van der Waals surface area contributed by atoms with Crippen molar-refractivity contribution in [2.45, 2.75) is 24.2 Å². The minimum Gasteiger partial charge on any atom is -0.301 e. The van der Waals surface area contributed by atoms with E-state index in [2.05, 4.69) is 22.3 Å². The van der Waals surface area contributed by atoms with Gasteiger partial charge in [0.25, 0.3) is 0 Å². The molecule has 4 nitrogen and oxygen atoms in total. The highest BCUT2D eigenvalue weighted by atomic mass is 32.2. The molecule has 0 spiro atoms. The second-order valence-electron chi connectivity index (χ2n) is 7.20. The smallest absolute Gasteiger partial charge is 0.150 e. The Kier molecular flexibility index (Phi) is 6.42. The van der Waals surface area contributed by atoms with Crippen LogP contribution in [0.4, 0.5) is 5.69 Å². The molecule has 1 saturated carbocycles. The molecule has 0 bridgehead atoms. The quantitative estimate of drug-likeness (QED) is 0.419. The predicted molar refractivity (Wildman–Crippen MR) is 123 cm³/mol. The fourth-order valence-corrected chi connectivity index (χ4v) is 4.12. The van der Waals surface area contributed by atoms with Crippen LogP contribution in [-0.2, 0) is 11.0 Å². The summed E-state index contributed by atoms with van der Waals surface area (Å²) in [7, 11) is -1.34. The summed E-state index contributed by atoms with van der Waals surface area (Å²) < 4.78 is 15.7. The van der Waals surface area contributed by atoms with Crippen LogP contribution in [0, 0.1) is 0 Å². The van der Waals surface area contributed by atoms with Crippen LogP contribution in [0.5, 0.6) is 0 Å². The molecule has 0 heterocycles. The number of benzene rings is 3. The highest BCUT2D eigenvalue weighted by Crippen LogP contribution is 2.28. The monoisotopic (exact) mass is 416 g/mol. The van der Waals surface area contributed by atoms with Crippen LogP contribution < -0.4 is 10.2 Å². The molecule has 152 valence electrons. The Balaban J connectivity index is 1.39. The van der Waals surface area contributed by atoms with E-state index in [1.54, 1.807) is 0 Å². The number of rotatable bonds is 7. The summed E-state index contributed by atoms with van der Waals surface area (Å²) in [6.45, 7) is 0. The van der Waals surface area contributed by atoms with Crippen LogP contribution in [0.25, 0.3) is 17.2 Å². The second-order valence-corrected chi connectivity index (χ2v) is 8.41. The molecule has 3 aromatic rings. The van der Waals surface area contributed by atoms with Gasteiger partial charge in [0.05, 0.1) is 10.6 Å². The van der Waals surface area contributed by atoms with Gasteiger partial charge in [-0.15, -0.1) is 0 Å². The molecule has 0 radical (unpaired) electrons. The lowest BCUT2D eigenvalue weighted by molar-refractivity contribution is 0.202. The summed E-state index contributed by atoms with van der Waals surface area (Å²) in [4.78, 5) is 0.706. The number of nitrogens with one attached hydrogen (secondary N) is 2. The van der Waals surface area contributed by atoms with Gasteiger partial charge in [0.1, 0.15) is 11.0 Å². The molecule has 0 aliphatic heterocycles. The van der Waals surface area contributed by atoms with Gasteiger partial charge in [-0.25, -0.2) is 4.21 Å². The lowest BCUT2D eigenvalue weighted by Crippen LogP contribution is -2.12. The van der Waals surface area contributed by atoms with Gasteiger partial charge in [0.2, 0.25) is 0 Å². The van der Waals surface area contributed by atoms with E-state index < -0.39 is 11.0 Å². The summed E-state index contributed by atoms with van der Waals surface area (Å²) in [6, 6.07) is 25.6. The van der Waals surface area contributed by atoms with Gasteiger partial charge in [-0.1, -0.05) is 60.7 Å². The Labute approximate surface area is 179 Å². The Hall–Kier alpha value is -3.15. The van der Waals surface area contributed by atoms with Gasteiger partial charge >= 0.3 is 0 Å². The van der Waals surface area contributed by atoms with Crippen molar-refractivity contribution in [3.8, 4) is 11.1 Å². The molecular weight excluding hydrogens is 392 g/mol. The molecule has 0 saturated heterocycles. The Morgan fingerprint density at radius 2 is 1.53 bits per heavy atom. The Bertz CT molecular complexity index is 1070. The van der Waals surface area contributed by atoms with E-state index in [-0.39, 0.29) is 0 Å². The maximum atomic E-state index is 12.7. The van der Waals surface area contributed by atoms with Gasteiger partial charge in [-0.2, -0.15) is 0 Å². The van der Waals surface area contributed by atoms with Gasteiger partial charge in [0.15, 0.2) is 0 Å². The van der Waals surface area contributed by atoms with Crippen LogP contribution in [0.2, 0.25) is 0 Å². The topological polar surface area (TPSA) is 61.4 Å². The van der Waals surface area contributed by atoms with E-state index in [0.29, 0.717) is 4.90 Å². The van der Waals surface area contributed by atoms with Gasteiger partial charge < -0.3 is 4.72 Å². The van der Waals surface area contributed by atoms with Gasteiger partial charge in [-0.3, -0.25) is 10.7 Å². The van der Waals surface area contributed by atoms with Crippen molar-refractivity contribution in [3.05, 3.63) is 102 Å². The van der Waals surface area contributed by atoms with Crippen molar-refractivity contribution < 1.29 is 9.42 Å². The second kappa shape index (κ2) is 9.57. The minimum absolute atomic E-state index is 0.706. The number of anilines is 1. The third-order valence-corrected chi connectivity index (χ3v) is 6.32. The average molecular weight is 417 g/mol. The molecule has 5 heteroatoms. The van der Waals surface area contributed by atoms with Crippen LogP contribution in [-0.4, -0.2) is 9.42 Å². The molecule has 0 amide bonds. The zero-order valence-corrected chi connectivity index (χ0v) is 17.4. The summed E-state index contributed by atoms with van der Waals surface area (Å²) in [6.07, 6.45) is 7.06. The molecule has 4 rings (SSSR count). The molecule has 3 aromatic carbocycles. The number of hydrogen-bond donors (Lipinski definition) is 3. The van der Waals surface area contributed by atoms with E-state index in [0.717, 1.165) is 40.9 Å². The van der Waals surface area contributed by atoms with E-state index in [4.69, 9.17) is 0 Å². The molecule has 1 atom stereocenters. The lowest BCUT2D eigenvalue weighted by Gasteiger charge is -2.19. The first-order chi connectivity index (χ1) is 14.7. The summed E-state index contributed by atoms with van der Waals surface area (Å²) >= 11 is 0. The molecule has 30 heavy (non-hydrogen) atoms. The third kappa shape index (κ3) is 4.87. The average Bonchev–Trinajstić information content (AvgIpc) is 2.76. The normalized spacial score (nSPS) is 14.2. The molecule has 1 unspecified atom stereocenters. The van der Waals surface area contributed by atoms with Crippen molar-refractivity contribution in [2.24, 2.45) is 0 Å². The summed E-state index contributed by atoms with van der Waals surface area (Å²) in [5.74, 6) is 0. The van der Waals surface area contributed by atoms with Crippen LogP contribution in [0.15, 0.2) is 101 Å². The standard InChI is InChI=1S/C25H24N2O2S/c28-26-25(22-7-4-8-22)18-11-19-9-16-24(17-10-19)30(29)27-23-14-12-21(13-15-23)20-5-2-1-3-6-20/h1-3,5-6,9-18,26-28H,4,7-8H2/b18-11+. The maximum Gasteiger partial charge on any atom is 0.150 e. The maximum absolute atomic E-state index is 12.7. The number of hydrogen-bond acceptors (Lipinski definition) is 3. The fourth-order valence-electron chi connectivity index (χ4n) is 3.27. The first kappa shape index (κ1) is 20.1. The SMILES string of the molecule is O=S(Nc1ccc(-c2ccccc2)cc1)c1ccc(/C=C/C(NO)=C2CCC2)cc1. The molecule has 1 aliphatic rings. The van der Waals surface area contributed by atoms with Gasteiger partial charge in [0, 0.05) is 5.69 Å². The Morgan fingerprint density at radius 3 is 2.13 bits per heavy atom. The van der Waals surface area contributed by atoms with E-state index in [1.165, 1.54) is 12.0 Å².